The Kier molecular flexibility index (Phi) is 2.56. The monoisotopic (exact) mass is 284 g/mol. The van der Waals surface area contributed by atoms with Gasteiger partial charge in [0, 0.05) is 17.2 Å². The van der Waals surface area contributed by atoms with Gasteiger partial charge < -0.3 is 15.3 Å². The van der Waals surface area contributed by atoms with E-state index in [9.17, 15) is 24.9 Å². The van der Waals surface area contributed by atoms with Crippen LogP contribution in [0.25, 0.3) is 0 Å². The minimum Gasteiger partial charge on any atom is -0.508 e. The third-order valence-electron chi connectivity index (χ3n) is 3.86. The second-order valence-electron chi connectivity index (χ2n) is 5.14. The summed E-state index contributed by atoms with van der Waals surface area (Å²) in [6.45, 7) is 3.37. The number of ketones is 2. The van der Waals surface area contributed by atoms with Crippen molar-refractivity contribution in [2.75, 3.05) is 0 Å². The van der Waals surface area contributed by atoms with Crippen LogP contribution in [0.15, 0.2) is 18.2 Å². The highest BCUT2D eigenvalue weighted by Crippen LogP contribution is 2.40. The van der Waals surface area contributed by atoms with Gasteiger partial charge in [0.15, 0.2) is 5.78 Å². The van der Waals surface area contributed by atoms with Gasteiger partial charge in [-0.3, -0.25) is 9.59 Å². The zero-order valence-electron chi connectivity index (χ0n) is 11.4. The summed E-state index contributed by atoms with van der Waals surface area (Å²) in [5.74, 6) is -2.17. The van der Waals surface area contributed by atoms with Crippen LogP contribution in [-0.2, 0) is 0 Å². The first-order valence-electron chi connectivity index (χ1n) is 6.31. The normalized spacial score (nSPS) is 13.0. The van der Waals surface area contributed by atoms with Gasteiger partial charge in [0.25, 0.3) is 0 Å². The van der Waals surface area contributed by atoms with Crippen LogP contribution in [0.5, 0.6) is 17.2 Å². The summed E-state index contributed by atoms with van der Waals surface area (Å²) in [6.07, 6.45) is 0. The first kappa shape index (κ1) is 13.2. The van der Waals surface area contributed by atoms with E-state index in [-0.39, 0.29) is 33.8 Å². The molecule has 1 aliphatic carbocycles. The molecule has 0 spiro atoms. The van der Waals surface area contributed by atoms with E-state index in [2.05, 4.69) is 0 Å². The van der Waals surface area contributed by atoms with Crippen molar-refractivity contribution in [2.24, 2.45) is 0 Å². The molecule has 0 saturated carbocycles. The van der Waals surface area contributed by atoms with Crippen LogP contribution in [0.3, 0.4) is 0 Å². The van der Waals surface area contributed by atoms with Gasteiger partial charge in [-0.05, 0) is 37.1 Å². The maximum Gasteiger partial charge on any atom is 0.201 e. The molecule has 0 aromatic heterocycles. The first-order chi connectivity index (χ1) is 9.82. The molecular weight excluding hydrogens is 272 g/mol. The van der Waals surface area contributed by atoms with Gasteiger partial charge in [-0.1, -0.05) is 0 Å². The Balaban J connectivity index is 2.42. The summed E-state index contributed by atoms with van der Waals surface area (Å²) in [4.78, 5) is 25.0. The molecule has 2 aromatic rings. The Morgan fingerprint density at radius 1 is 0.810 bits per heavy atom. The van der Waals surface area contributed by atoms with Crippen molar-refractivity contribution < 1.29 is 24.9 Å². The second kappa shape index (κ2) is 4.09. The lowest BCUT2D eigenvalue weighted by Crippen LogP contribution is -2.21. The number of aromatic hydroxyl groups is 3. The zero-order valence-corrected chi connectivity index (χ0v) is 11.4. The van der Waals surface area contributed by atoms with E-state index in [1.54, 1.807) is 13.8 Å². The number of phenolic OH excluding ortho intramolecular Hbond substituents is 3. The number of phenols is 3. The highest BCUT2D eigenvalue weighted by Gasteiger charge is 2.35. The standard InChI is InChI=1S/C16H12O5/c1-6-3-9-13(14(19)7(6)2)16(21)12-10(15(9)20)4-8(17)5-11(12)18/h3-5,17-19H,1-2H3. The van der Waals surface area contributed by atoms with E-state index in [4.69, 9.17) is 0 Å². The number of benzene rings is 2. The SMILES string of the molecule is Cc1cc2c(c(O)c1C)C(=O)c1c(O)cc(O)cc1C2=O. The fourth-order valence-corrected chi connectivity index (χ4v) is 2.61. The van der Waals surface area contributed by atoms with Crippen molar-refractivity contribution in [2.45, 2.75) is 13.8 Å². The van der Waals surface area contributed by atoms with Crippen LogP contribution in [0, 0.1) is 13.8 Å². The Morgan fingerprint density at radius 2 is 1.43 bits per heavy atom. The molecule has 0 unspecified atom stereocenters. The molecule has 0 bridgehead atoms. The van der Waals surface area contributed by atoms with Crippen LogP contribution >= 0.6 is 0 Å². The largest absolute Gasteiger partial charge is 0.508 e. The van der Waals surface area contributed by atoms with E-state index < -0.39 is 17.3 Å². The van der Waals surface area contributed by atoms with Crippen molar-refractivity contribution in [3.8, 4) is 17.2 Å². The van der Waals surface area contributed by atoms with Crippen LogP contribution < -0.4 is 0 Å². The van der Waals surface area contributed by atoms with Gasteiger partial charge in [-0.25, -0.2) is 0 Å². The predicted octanol–water partition coefficient (Wildman–Crippen LogP) is 2.20. The Hall–Kier alpha value is -2.82. The van der Waals surface area contributed by atoms with Crippen molar-refractivity contribution in [1.82, 2.24) is 0 Å². The van der Waals surface area contributed by atoms with Crippen LogP contribution in [0.1, 0.15) is 43.0 Å². The maximum atomic E-state index is 12.5. The molecule has 0 aliphatic heterocycles. The first-order valence-corrected chi connectivity index (χ1v) is 6.31. The predicted molar refractivity (Wildman–Crippen MR) is 74.2 cm³/mol. The number of hydrogen-bond donors (Lipinski definition) is 3. The smallest absolute Gasteiger partial charge is 0.201 e. The fourth-order valence-electron chi connectivity index (χ4n) is 2.61. The molecule has 106 valence electrons. The minimum atomic E-state index is -0.627. The number of aryl methyl sites for hydroxylation is 1. The second-order valence-corrected chi connectivity index (χ2v) is 5.14. The van der Waals surface area contributed by atoms with Gasteiger partial charge in [-0.15, -0.1) is 0 Å². The van der Waals surface area contributed by atoms with Crippen LogP contribution in [-0.4, -0.2) is 26.9 Å². The van der Waals surface area contributed by atoms with E-state index in [0.29, 0.717) is 11.1 Å². The fraction of sp³-hybridized carbons (Fsp3) is 0.125. The molecule has 5 heteroatoms. The number of carbonyl (C=O) groups excluding carboxylic acids is 2. The Morgan fingerprint density at radius 3 is 2.10 bits per heavy atom. The lowest BCUT2D eigenvalue weighted by molar-refractivity contribution is 0.0973. The highest BCUT2D eigenvalue weighted by molar-refractivity contribution is 6.30. The molecule has 3 N–H and O–H groups in total. The molecule has 1 aliphatic rings. The third kappa shape index (κ3) is 1.64. The van der Waals surface area contributed by atoms with Crippen molar-refractivity contribution in [3.63, 3.8) is 0 Å². The van der Waals surface area contributed by atoms with Gasteiger partial charge in [-0.2, -0.15) is 0 Å². The maximum absolute atomic E-state index is 12.5. The van der Waals surface area contributed by atoms with Crippen LogP contribution in [0.2, 0.25) is 0 Å². The average Bonchev–Trinajstić information content (AvgIpc) is 2.41. The number of rotatable bonds is 0. The summed E-state index contributed by atoms with van der Waals surface area (Å²) < 4.78 is 0. The van der Waals surface area contributed by atoms with Gasteiger partial charge in [0.05, 0.1) is 11.1 Å². The molecule has 0 radical (unpaired) electrons. The molecule has 21 heavy (non-hydrogen) atoms. The zero-order chi connectivity index (χ0) is 15.5. The van der Waals surface area contributed by atoms with Gasteiger partial charge >= 0.3 is 0 Å². The lowest BCUT2D eigenvalue weighted by Gasteiger charge is -2.21. The van der Waals surface area contributed by atoms with E-state index in [1.807, 2.05) is 0 Å². The van der Waals surface area contributed by atoms with E-state index in [0.717, 1.165) is 12.1 Å². The summed E-state index contributed by atoms with van der Waals surface area (Å²) >= 11 is 0. The van der Waals surface area contributed by atoms with E-state index in [1.165, 1.54) is 6.07 Å². The Labute approximate surface area is 120 Å². The third-order valence-corrected chi connectivity index (χ3v) is 3.86. The quantitative estimate of drug-likeness (QED) is 0.588. The number of fused-ring (bicyclic) bond motifs is 2. The van der Waals surface area contributed by atoms with E-state index >= 15 is 0 Å². The molecule has 0 heterocycles. The molecular formula is C16H12O5. The van der Waals surface area contributed by atoms with Crippen molar-refractivity contribution in [1.29, 1.82) is 0 Å². The Bertz CT molecular complexity index is 833. The topological polar surface area (TPSA) is 94.8 Å². The minimum absolute atomic E-state index is 0.0624. The number of carbonyl (C=O) groups is 2. The molecule has 0 saturated heterocycles. The summed E-state index contributed by atoms with van der Waals surface area (Å²) in [6, 6.07) is 3.67. The molecule has 0 atom stereocenters. The molecule has 2 aromatic carbocycles. The molecule has 5 nitrogen and oxygen atoms in total. The van der Waals surface area contributed by atoms with Crippen LogP contribution in [0.4, 0.5) is 0 Å². The lowest BCUT2D eigenvalue weighted by atomic mass is 9.81. The van der Waals surface area contributed by atoms with Gasteiger partial charge in [0.1, 0.15) is 17.2 Å². The molecule has 0 fully saturated rings. The summed E-state index contributed by atoms with van der Waals surface area (Å²) in [5.41, 5.74) is 0.919. The highest BCUT2D eigenvalue weighted by atomic mass is 16.3. The van der Waals surface area contributed by atoms with Crippen molar-refractivity contribution >= 4 is 11.6 Å². The average molecular weight is 284 g/mol. The number of hydrogen-bond acceptors (Lipinski definition) is 5. The van der Waals surface area contributed by atoms with Crippen molar-refractivity contribution in [3.05, 3.63) is 51.6 Å². The summed E-state index contributed by atoms with van der Waals surface area (Å²) in [7, 11) is 0. The summed E-state index contributed by atoms with van der Waals surface area (Å²) in [5, 5.41) is 29.5. The molecule has 0 amide bonds. The van der Waals surface area contributed by atoms with Gasteiger partial charge in [0.2, 0.25) is 5.78 Å². The molecule has 3 rings (SSSR count).